The molecule has 3 aromatic carbocycles. The number of nitrogens with two attached hydrogens (primary N) is 1. The topological polar surface area (TPSA) is 38.0 Å². The highest BCUT2D eigenvalue weighted by Gasteiger charge is 2.22. The Morgan fingerprint density at radius 3 is 2.33 bits per heavy atom. The predicted molar refractivity (Wildman–Crippen MR) is 103 cm³/mol. The van der Waals surface area contributed by atoms with Gasteiger partial charge < -0.3 is 11.1 Å². The molecule has 0 bridgehead atoms. The van der Waals surface area contributed by atoms with Gasteiger partial charge in [-0.2, -0.15) is 0 Å². The first-order chi connectivity index (χ1) is 11.8. The van der Waals surface area contributed by atoms with Crippen LogP contribution in [-0.2, 0) is 6.42 Å². The molecular weight excluding hydrogens is 292 g/mol. The van der Waals surface area contributed by atoms with Crippen molar-refractivity contribution in [2.24, 2.45) is 0 Å². The normalized spacial score (nSPS) is 16.1. The van der Waals surface area contributed by atoms with Crippen molar-refractivity contribution in [1.82, 2.24) is 0 Å². The first kappa shape index (κ1) is 14.6. The zero-order chi connectivity index (χ0) is 16.4. The molecule has 4 rings (SSSR count). The number of benzene rings is 3. The number of fused-ring (bicyclic) bond motifs is 1. The average Bonchev–Trinajstić information content (AvgIpc) is 3.04. The Bertz CT molecular complexity index is 867. The van der Waals surface area contributed by atoms with Gasteiger partial charge in [0.15, 0.2) is 0 Å². The molecule has 0 spiro atoms. The van der Waals surface area contributed by atoms with Crippen LogP contribution < -0.4 is 11.1 Å². The molecule has 0 fully saturated rings. The van der Waals surface area contributed by atoms with Crippen molar-refractivity contribution in [3.05, 3.63) is 95.1 Å². The molecule has 3 N–H and O–H groups in total. The lowest BCUT2D eigenvalue weighted by Gasteiger charge is -2.11. The summed E-state index contributed by atoms with van der Waals surface area (Å²) in [6, 6.07) is 25.4. The molecule has 0 saturated heterocycles. The summed E-state index contributed by atoms with van der Waals surface area (Å²) < 4.78 is 0. The SMILES string of the molecule is Nc1cc2c(cc1C=Cc1ccccc1)C[C@@H](c1ccccc1)N2. The van der Waals surface area contributed by atoms with E-state index in [-0.39, 0.29) is 0 Å². The second-order valence-electron chi connectivity index (χ2n) is 6.19. The number of rotatable bonds is 3. The van der Waals surface area contributed by atoms with Gasteiger partial charge in [0.2, 0.25) is 0 Å². The molecule has 1 heterocycles. The highest BCUT2D eigenvalue weighted by Crippen LogP contribution is 2.37. The maximum Gasteiger partial charge on any atom is 0.0555 e. The van der Waals surface area contributed by atoms with Crippen molar-refractivity contribution in [2.75, 3.05) is 11.1 Å². The summed E-state index contributed by atoms with van der Waals surface area (Å²) in [5.74, 6) is 0. The van der Waals surface area contributed by atoms with E-state index < -0.39 is 0 Å². The molecule has 0 radical (unpaired) electrons. The van der Waals surface area contributed by atoms with Crippen LogP contribution in [0.2, 0.25) is 0 Å². The van der Waals surface area contributed by atoms with Crippen molar-refractivity contribution >= 4 is 23.5 Å². The minimum Gasteiger partial charge on any atom is -0.398 e. The average molecular weight is 312 g/mol. The van der Waals surface area contributed by atoms with Crippen molar-refractivity contribution in [2.45, 2.75) is 12.5 Å². The fraction of sp³-hybridized carbons (Fsp3) is 0.0909. The zero-order valence-corrected chi connectivity index (χ0v) is 13.4. The van der Waals surface area contributed by atoms with Crippen LogP contribution in [0, 0.1) is 0 Å². The van der Waals surface area contributed by atoms with Gasteiger partial charge in [0.05, 0.1) is 6.04 Å². The lowest BCUT2D eigenvalue weighted by atomic mass is 10.0. The van der Waals surface area contributed by atoms with E-state index in [1.165, 1.54) is 16.7 Å². The maximum absolute atomic E-state index is 6.25. The minimum absolute atomic E-state index is 0.328. The van der Waals surface area contributed by atoms with Crippen LogP contribution in [0.25, 0.3) is 12.2 Å². The van der Waals surface area contributed by atoms with Crippen molar-refractivity contribution in [3.8, 4) is 0 Å². The minimum atomic E-state index is 0.328. The van der Waals surface area contributed by atoms with Crippen LogP contribution in [0.5, 0.6) is 0 Å². The maximum atomic E-state index is 6.25. The van der Waals surface area contributed by atoms with E-state index in [9.17, 15) is 0 Å². The molecule has 118 valence electrons. The predicted octanol–water partition coefficient (Wildman–Crippen LogP) is 5.15. The first-order valence-corrected chi connectivity index (χ1v) is 8.26. The second kappa shape index (κ2) is 6.25. The summed E-state index contributed by atoms with van der Waals surface area (Å²) in [6.07, 6.45) is 5.20. The third-order valence-corrected chi connectivity index (χ3v) is 4.52. The summed E-state index contributed by atoms with van der Waals surface area (Å²) in [6.45, 7) is 0. The summed E-state index contributed by atoms with van der Waals surface area (Å²) in [5.41, 5.74) is 13.1. The Hall–Kier alpha value is -3.00. The number of nitrogen functional groups attached to an aromatic ring is 1. The Morgan fingerprint density at radius 1 is 0.875 bits per heavy atom. The molecule has 2 nitrogen and oxygen atoms in total. The summed E-state index contributed by atoms with van der Waals surface area (Å²) >= 11 is 0. The van der Waals surface area contributed by atoms with Gasteiger partial charge in [-0.3, -0.25) is 0 Å². The fourth-order valence-corrected chi connectivity index (χ4v) is 3.22. The summed E-state index contributed by atoms with van der Waals surface area (Å²) in [7, 11) is 0. The fourth-order valence-electron chi connectivity index (χ4n) is 3.22. The van der Waals surface area contributed by atoms with Crippen LogP contribution in [0.3, 0.4) is 0 Å². The lowest BCUT2D eigenvalue weighted by Crippen LogP contribution is -2.04. The van der Waals surface area contributed by atoms with Crippen molar-refractivity contribution < 1.29 is 0 Å². The Labute approximate surface area is 142 Å². The third kappa shape index (κ3) is 2.91. The Morgan fingerprint density at radius 2 is 1.58 bits per heavy atom. The molecule has 1 aliphatic rings. The highest BCUT2D eigenvalue weighted by atomic mass is 15.0. The van der Waals surface area contributed by atoms with Crippen LogP contribution in [0.4, 0.5) is 11.4 Å². The quantitative estimate of drug-likeness (QED) is 0.518. The van der Waals surface area contributed by atoms with Crippen LogP contribution in [0.15, 0.2) is 72.8 Å². The molecule has 3 aromatic rings. The smallest absolute Gasteiger partial charge is 0.0555 e. The van der Waals surface area contributed by atoms with Crippen molar-refractivity contribution in [1.29, 1.82) is 0 Å². The Kier molecular flexibility index (Phi) is 3.80. The van der Waals surface area contributed by atoms with E-state index in [0.29, 0.717) is 6.04 Å². The molecule has 1 aliphatic heterocycles. The van der Waals surface area contributed by atoms with Crippen LogP contribution in [-0.4, -0.2) is 0 Å². The number of hydrogen-bond acceptors (Lipinski definition) is 2. The van der Waals surface area contributed by atoms with E-state index in [1.54, 1.807) is 0 Å². The zero-order valence-electron chi connectivity index (χ0n) is 13.4. The van der Waals surface area contributed by atoms with Crippen LogP contribution >= 0.6 is 0 Å². The molecule has 0 unspecified atom stereocenters. The van der Waals surface area contributed by atoms with Gasteiger partial charge >= 0.3 is 0 Å². The van der Waals surface area contributed by atoms with E-state index in [0.717, 1.165) is 23.4 Å². The van der Waals surface area contributed by atoms with Gasteiger partial charge in [0, 0.05) is 11.4 Å². The Balaban J connectivity index is 1.60. The number of nitrogens with one attached hydrogen (secondary N) is 1. The number of hydrogen-bond donors (Lipinski definition) is 2. The molecule has 2 heteroatoms. The van der Waals surface area contributed by atoms with E-state index in [1.807, 2.05) is 18.2 Å². The first-order valence-electron chi connectivity index (χ1n) is 8.26. The molecule has 0 saturated carbocycles. The standard InChI is InChI=1S/C22H20N2/c23-20-15-22-19(14-21(24-22)17-9-5-2-6-10-17)13-18(20)12-11-16-7-3-1-4-8-16/h1-13,15,21,24H,14,23H2/t21-/m0/s1. The van der Waals surface area contributed by atoms with Gasteiger partial charge in [-0.15, -0.1) is 0 Å². The van der Waals surface area contributed by atoms with E-state index in [2.05, 4.69) is 72.1 Å². The van der Waals surface area contributed by atoms with Gasteiger partial charge in [0.25, 0.3) is 0 Å². The lowest BCUT2D eigenvalue weighted by molar-refractivity contribution is 0.824. The molecule has 0 aliphatic carbocycles. The van der Waals surface area contributed by atoms with E-state index in [4.69, 9.17) is 5.73 Å². The molecular formula is C22H20N2. The van der Waals surface area contributed by atoms with E-state index >= 15 is 0 Å². The third-order valence-electron chi connectivity index (χ3n) is 4.52. The monoisotopic (exact) mass is 312 g/mol. The van der Waals surface area contributed by atoms with Gasteiger partial charge in [0.1, 0.15) is 0 Å². The second-order valence-corrected chi connectivity index (χ2v) is 6.19. The molecule has 1 atom stereocenters. The van der Waals surface area contributed by atoms with Crippen LogP contribution in [0.1, 0.15) is 28.3 Å². The van der Waals surface area contributed by atoms with Gasteiger partial charge in [-0.25, -0.2) is 0 Å². The molecule has 24 heavy (non-hydrogen) atoms. The molecule has 0 amide bonds. The largest absolute Gasteiger partial charge is 0.398 e. The summed E-state index contributed by atoms with van der Waals surface area (Å²) in [5, 5.41) is 3.59. The van der Waals surface area contributed by atoms with Gasteiger partial charge in [-0.1, -0.05) is 72.8 Å². The highest BCUT2D eigenvalue weighted by molar-refractivity contribution is 5.79. The molecule has 0 aromatic heterocycles. The van der Waals surface area contributed by atoms with Crippen molar-refractivity contribution in [3.63, 3.8) is 0 Å². The number of anilines is 2. The van der Waals surface area contributed by atoms with Gasteiger partial charge in [-0.05, 0) is 40.8 Å². The summed E-state index contributed by atoms with van der Waals surface area (Å²) in [4.78, 5) is 0.